The van der Waals surface area contributed by atoms with Crippen molar-refractivity contribution in [1.82, 2.24) is 9.88 Å². The van der Waals surface area contributed by atoms with E-state index in [0.29, 0.717) is 43.1 Å². The first kappa shape index (κ1) is 22.7. The van der Waals surface area contributed by atoms with Crippen LogP contribution in [-0.4, -0.2) is 72.2 Å². The van der Waals surface area contributed by atoms with Gasteiger partial charge in [-0.3, -0.25) is 14.9 Å². The van der Waals surface area contributed by atoms with Gasteiger partial charge in [0.2, 0.25) is 5.82 Å². The maximum absolute atomic E-state index is 14.9. The van der Waals surface area contributed by atoms with E-state index in [4.69, 9.17) is 5.11 Å². The molecular weight excluding hydrogens is 431 g/mol. The van der Waals surface area contributed by atoms with Crippen LogP contribution in [0.2, 0.25) is 0 Å². The summed E-state index contributed by atoms with van der Waals surface area (Å²) < 4.78 is 14.9. The topological polar surface area (TPSA) is 115 Å². The van der Waals surface area contributed by atoms with Crippen LogP contribution >= 0.6 is 0 Å². The first-order valence-electron chi connectivity index (χ1n) is 10.9. The average Bonchev–Trinajstić information content (AvgIpc) is 2.79. The number of carbonyl (C=O) groups is 1. The zero-order chi connectivity index (χ0) is 23.5. The third-order valence-corrected chi connectivity index (χ3v) is 6.28. The summed E-state index contributed by atoms with van der Waals surface area (Å²) in [6.45, 7) is 4.20. The van der Waals surface area contributed by atoms with Crippen LogP contribution in [0.25, 0.3) is 0 Å². The molecule has 1 aromatic heterocycles. The number of carboxylic acids is 1. The average molecular weight is 458 g/mol. The molecule has 4 rings (SSSR count). The predicted molar refractivity (Wildman–Crippen MR) is 123 cm³/mol. The number of piperazine rings is 1. The molecule has 0 saturated carbocycles. The Kier molecular flexibility index (Phi) is 6.59. The smallest absolute Gasteiger partial charge is 0.311 e. The van der Waals surface area contributed by atoms with Gasteiger partial charge in [-0.05, 0) is 44.2 Å². The van der Waals surface area contributed by atoms with Crippen molar-refractivity contribution in [2.45, 2.75) is 12.8 Å². The highest BCUT2D eigenvalue weighted by molar-refractivity contribution is 5.71. The van der Waals surface area contributed by atoms with E-state index in [9.17, 15) is 19.3 Å². The van der Waals surface area contributed by atoms with Crippen molar-refractivity contribution < 1.29 is 19.2 Å². The number of aromatic nitrogens is 1. The Hall–Kier alpha value is -3.47. The molecule has 2 aliphatic heterocycles. The van der Waals surface area contributed by atoms with Gasteiger partial charge in [0.05, 0.1) is 16.5 Å². The number of carboxylic acid groups (broad SMARTS) is 1. The van der Waals surface area contributed by atoms with E-state index in [2.05, 4.69) is 20.1 Å². The molecule has 10 nitrogen and oxygen atoms in total. The number of nitrogens with zero attached hydrogens (tertiary/aromatic N) is 5. The number of piperidine rings is 1. The van der Waals surface area contributed by atoms with Gasteiger partial charge in [-0.15, -0.1) is 0 Å². The second-order valence-corrected chi connectivity index (χ2v) is 8.48. The fourth-order valence-corrected chi connectivity index (χ4v) is 4.24. The molecule has 0 spiro atoms. The molecule has 176 valence electrons. The molecule has 1 aromatic carbocycles. The zero-order valence-corrected chi connectivity index (χ0v) is 18.4. The molecule has 33 heavy (non-hydrogen) atoms. The number of nitrogens with one attached hydrogen (secondary N) is 1. The second-order valence-electron chi connectivity index (χ2n) is 8.48. The molecule has 2 aliphatic rings. The number of anilines is 4. The molecule has 3 heterocycles. The van der Waals surface area contributed by atoms with Gasteiger partial charge in [0.25, 0.3) is 0 Å². The van der Waals surface area contributed by atoms with Crippen molar-refractivity contribution in [2.75, 3.05) is 61.4 Å². The predicted octanol–water partition coefficient (Wildman–Crippen LogP) is 2.93. The van der Waals surface area contributed by atoms with Crippen molar-refractivity contribution in [3.05, 3.63) is 46.3 Å². The standard InChI is InChI=1S/C22H27FN6O4/c1-26-10-12-28(13-11-26)20-5-4-19(29(32)33)21(25-20)24-16-2-3-18(17(23)14-16)27-8-6-15(7-9-27)22(30)31/h2-5,14-15H,6-13H2,1H3,(H,24,25)(H,30,31). The number of hydrogen-bond donors (Lipinski definition) is 2. The number of halogens is 1. The van der Waals surface area contributed by atoms with E-state index in [0.717, 1.165) is 26.2 Å². The molecular formula is C22H27FN6O4. The summed E-state index contributed by atoms with van der Waals surface area (Å²) in [5, 5.41) is 23.6. The monoisotopic (exact) mass is 458 g/mol. The first-order valence-corrected chi connectivity index (χ1v) is 10.9. The Balaban J connectivity index is 1.52. The van der Waals surface area contributed by atoms with Gasteiger partial charge in [0.1, 0.15) is 11.6 Å². The van der Waals surface area contributed by atoms with Crippen LogP contribution in [0, 0.1) is 21.8 Å². The maximum Gasteiger partial charge on any atom is 0.311 e. The Labute approximate surface area is 190 Å². The molecule has 0 unspecified atom stereocenters. The number of aliphatic carboxylic acids is 1. The number of benzene rings is 1. The lowest BCUT2D eigenvalue weighted by molar-refractivity contribution is -0.384. The fourth-order valence-electron chi connectivity index (χ4n) is 4.24. The van der Waals surface area contributed by atoms with E-state index in [-0.39, 0.29) is 11.5 Å². The van der Waals surface area contributed by atoms with Crippen molar-refractivity contribution in [3.8, 4) is 0 Å². The van der Waals surface area contributed by atoms with E-state index >= 15 is 0 Å². The molecule has 0 atom stereocenters. The van der Waals surface area contributed by atoms with Crippen molar-refractivity contribution >= 4 is 34.7 Å². The molecule has 0 amide bonds. The SMILES string of the molecule is CN1CCN(c2ccc([N+](=O)[O-])c(Nc3ccc(N4CCC(C(=O)O)CC4)c(F)c3)n2)CC1. The van der Waals surface area contributed by atoms with Crippen LogP contribution in [0.3, 0.4) is 0 Å². The number of pyridine rings is 1. The molecule has 0 radical (unpaired) electrons. The summed E-state index contributed by atoms with van der Waals surface area (Å²) in [6.07, 6.45) is 0.925. The highest BCUT2D eigenvalue weighted by Gasteiger charge is 2.26. The summed E-state index contributed by atoms with van der Waals surface area (Å²) >= 11 is 0. The second kappa shape index (κ2) is 9.57. The van der Waals surface area contributed by atoms with E-state index < -0.39 is 22.6 Å². The minimum Gasteiger partial charge on any atom is -0.481 e. The van der Waals surface area contributed by atoms with Crippen LogP contribution in [0.4, 0.5) is 33.1 Å². The number of hydrogen-bond acceptors (Lipinski definition) is 8. The Bertz CT molecular complexity index is 1040. The van der Waals surface area contributed by atoms with E-state index in [1.807, 2.05) is 11.9 Å². The summed E-state index contributed by atoms with van der Waals surface area (Å²) in [7, 11) is 2.04. The molecule has 0 aliphatic carbocycles. The van der Waals surface area contributed by atoms with Gasteiger partial charge in [-0.2, -0.15) is 0 Å². The minimum absolute atomic E-state index is 0.0610. The maximum atomic E-state index is 14.9. The third-order valence-electron chi connectivity index (χ3n) is 6.28. The van der Waals surface area contributed by atoms with Crippen molar-refractivity contribution in [1.29, 1.82) is 0 Å². The summed E-state index contributed by atoms with van der Waals surface area (Å²) in [4.78, 5) is 32.7. The molecule has 2 saturated heterocycles. The molecule has 2 N–H and O–H groups in total. The van der Waals surface area contributed by atoms with Crippen LogP contribution in [-0.2, 0) is 4.79 Å². The van der Waals surface area contributed by atoms with Crippen LogP contribution in [0.5, 0.6) is 0 Å². The fraction of sp³-hybridized carbons (Fsp3) is 0.455. The van der Waals surface area contributed by atoms with Crippen LogP contribution < -0.4 is 15.1 Å². The Morgan fingerprint density at radius 2 is 1.82 bits per heavy atom. The summed E-state index contributed by atoms with van der Waals surface area (Å²) in [6, 6.07) is 7.59. The Morgan fingerprint density at radius 1 is 1.12 bits per heavy atom. The van der Waals surface area contributed by atoms with Crippen molar-refractivity contribution in [2.24, 2.45) is 5.92 Å². The molecule has 2 aromatic rings. The lowest BCUT2D eigenvalue weighted by Gasteiger charge is -2.33. The van der Waals surface area contributed by atoms with Gasteiger partial charge in [-0.25, -0.2) is 9.37 Å². The summed E-state index contributed by atoms with van der Waals surface area (Å²) in [5.74, 6) is -1.00. The summed E-state index contributed by atoms with van der Waals surface area (Å²) in [5.41, 5.74) is 0.550. The number of nitro groups is 1. The first-order chi connectivity index (χ1) is 15.8. The van der Waals surface area contributed by atoms with Crippen LogP contribution in [0.15, 0.2) is 30.3 Å². The lowest BCUT2D eigenvalue weighted by atomic mass is 9.96. The highest BCUT2D eigenvalue weighted by Crippen LogP contribution is 2.32. The number of likely N-dealkylation sites (N-methyl/N-ethyl adjacent to an activating group) is 1. The van der Waals surface area contributed by atoms with Crippen molar-refractivity contribution in [3.63, 3.8) is 0 Å². The highest BCUT2D eigenvalue weighted by atomic mass is 19.1. The van der Waals surface area contributed by atoms with Crippen LogP contribution in [0.1, 0.15) is 12.8 Å². The third kappa shape index (κ3) is 5.14. The van der Waals surface area contributed by atoms with Gasteiger partial charge in [-0.1, -0.05) is 0 Å². The van der Waals surface area contributed by atoms with Gasteiger partial charge >= 0.3 is 11.7 Å². The molecule has 2 fully saturated rings. The number of rotatable bonds is 6. The van der Waals surface area contributed by atoms with Gasteiger partial charge < -0.3 is 25.1 Å². The zero-order valence-electron chi connectivity index (χ0n) is 18.4. The van der Waals surface area contributed by atoms with E-state index in [1.54, 1.807) is 18.2 Å². The molecule has 11 heteroatoms. The normalized spacial score (nSPS) is 17.8. The largest absolute Gasteiger partial charge is 0.481 e. The minimum atomic E-state index is -0.817. The van der Waals surface area contributed by atoms with E-state index in [1.165, 1.54) is 12.1 Å². The van der Waals surface area contributed by atoms with Gasteiger partial charge in [0.15, 0.2) is 0 Å². The quantitative estimate of drug-likeness (QED) is 0.498. The lowest BCUT2D eigenvalue weighted by Crippen LogP contribution is -2.44. The Morgan fingerprint density at radius 3 is 2.42 bits per heavy atom. The van der Waals surface area contributed by atoms with Gasteiger partial charge in [0, 0.05) is 51.0 Å². The molecule has 0 bridgehead atoms.